The van der Waals surface area contributed by atoms with Gasteiger partial charge in [-0.3, -0.25) is 5.32 Å². The molecule has 0 fully saturated rings. The van der Waals surface area contributed by atoms with Crippen LogP contribution in [0, 0.1) is 0 Å². The molecule has 0 aliphatic carbocycles. The zero-order valence-corrected chi connectivity index (χ0v) is 14.5. The molecular weight excluding hydrogens is 340 g/mol. The maximum atomic E-state index is 12.0. The molecule has 8 heteroatoms. The predicted molar refractivity (Wildman–Crippen MR) is 97.5 cm³/mol. The number of anilines is 2. The lowest BCUT2D eigenvalue weighted by Gasteiger charge is -2.05. The first-order valence-corrected chi connectivity index (χ1v) is 8.19. The maximum Gasteiger partial charge on any atom is 0.325 e. The Hall–Kier alpha value is -3.13. The van der Waals surface area contributed by atoms with E-state index in [4.69, 9.17) is 9.47 Å². The van der Waals surface area contributed by atoms with Crippen LogP contribution >= 0.6 is 11.3 Å². The SMILES string of the molecule is COc1ccc(NC(=O)Nc2nnc(-c3cccc(OC)c3)s2)cc1. The minimum Gasteiger partial charge on any atom is -0.497 e. The lowest BCUT2D eigenvalue weighted by atomic mass is 10.2. The summed E-state index contributed by atoms with van der Waals surface area (Å²) in [4.78, 5) is 12.0. The van der Waals surface area contributed by atoms with Crippen molar-refractivity contribution in [3.63, 3.8) is 0 Å². The Morgan fingerprint density at radius 1 is 0.960 bits per heavy atom. The molecule has 2 amide bonds. The van der Waals surface area contributed by atoms with Gasteiger partial charge in [-0.1, -0.05) is 23.5 Å². The number of methoxy groups -OCH3 is 2. The summed E-state index contributed by atoms with van der Waals surface area (Å²) in [6.07, 6.45) is 0. The summed E-state index contributed by atoms with van der Waals surface area (Å²) >= 11 is 1.28. The monoisotopic (exact) mass is 356 g/mol. The number of nitrogens with zero attached hydrogens (tertiary/aromatic N) is 2. The van der Waals surface area contributed by atoms with Gasteiger partial charge in [0.25, 0.3) is 0 Å². The highest BCUT2D eigenvalue weighted by molar-refractivity contribution is 7.18. The van der Waals surface area contributed by atoms with Gasteiger partial charge >= 0.3 is 6.03 Å². The molecule has 0 atom stereocenters. The maximum absolute atomic E-state index is 12.0. The van der Waals surface area contributed by atoms with Crippen molar-refractivity contribution in [1.29, 1.82) is 0 Å². The number of ether oxygens (including phenoxy) is 2. The molecule has 0 saturated carbocycles. The van der Waals surface area contributed by atoms with E-state index in [0.29, 0.717) is 15.8 Å². The summed E-state index contributed by atoms with van der Waals surface area (Å²) in [5.41, 5.74) is 1.52. The molecular formula is C17H16N4O3S. The van der Waals surface area contributed by atoms with Gasteiger partial charge in [0.05, 0.1) is 14.2 Å². The van der Waals surface area contributed by atoms with Crippen molar-refractivity contribution in [3.8, 4) is 22.1 Å². The van der Waals surface area contributed by atoms with Crippen LogP contribution in [0.4, 0.5) is 15.6 Å². The summed E-state index contributed by atoms with van der Waals surface area (Å²) in [5.74, 6) is 1.46. The van der Waals surface area contributed by atoms with E-state index in [-0.39, 0.29) is 0 Å². The minimum atomic E-state index is -0.390. The molecule has 7 nitrogen and oxygen atoms in total. The Bertz CT molecular complexity index is 864. The molecule has 3 rings (SSSR count). The summed E-state index contributed by atoms with van der Waals surface area (Å²) < 4.78 is 10.3. The van der Waals surface area contributed by atoms with Crippen molar-refractivity contribution in [1.82, 2.24) is 10.2 Å². The third-order valence-corrected chi connectivity index (χ3v) is 4.20. The van der Waals surface area contributed by atoms with E-state index in [9.17, 15) is 4.79 Å². The van der Waals surface area contributed by atoms with Gasteiger partial charge in [-0.25, -0.2) is 4.79 Å². The van der Waals surface area contributed by atoms with Crippen molar-refractivity contribution in [2.24, 2.45) is 0 Å². The smallest absolute Gasteiger partial charge is 0.325 e. The number of urea groups is 1. The molecule has 1 heterocycles. The van der Waals surface area contributed by atoms with Gasteiger partial charge in [0, 0.05) is 11.3 Å². The standard InChI is InChI=1S/C17H16N4O3S/c1-23-13-8-6-12(7-9-13)18-16(22)19-17-21-20-15(25-17)11-4-3-5-14(10-11)24-2/h3-10H,1-2H3,(H2,18,19,21,22). The van der Waals surface area contributed by atoms with Crippen molar-refractivity contribution in [3.05, 3.63) is 48.5 Å². The second-order valence-corrected chi connectivity index (χ2v) is 5.93. The number of carbonyl (C=O) groups excluding carboxylic acids is 1. The average molecular weight is 356 g/mol. The van der Waals surface area contributed by atoms with Gasteiger partial charge in [-0.15, -0.1) is 10.2 Å². The fourth-order valence-electron chi connectivity index (χ4n) is 2.08. The van der Waals surface area contributed by atoms with Crippen LogP contribution < -0.4 is 20.1 Å². The number of rotatable bonds is 5. The average Bonchev–Trinajstić information content (AvgIpc) is 3.10. The molecule has 0 bridgehead atoms. The van der Waals surface area contributed by atoms with Crippen LogP contribution in [0.15, 0.2) is 48.5 Å². The van der Waals surface area contributed by atoms with Crippen LogP contribution in [-0.2, 0) is 0 Å². The Morgan fingerprint density at radius 3 is 2.44 bits per heavy atom. The number of carbonyl (C=O) groups is 1. The van der Waals surface area contributed by atoms with Crippen LogP contribution in [0.25, 0.3) is 10.6 Å². The summed E-state index contributed by atoms with van der Waals surface area (Å²) in [6.45, 7) is 0. The summed E-state index contributed by atoms with van der Waals surface area (Å²) in [7, 11) is 3.19. The van der Waals surface area contributed by atoms with E-state index in [1.807, 2.05) is 24.3 Å². The highest BCUT2D eigenvalue weighted by atomic mass is 32.1. The van der Waals surface area contributed by atoms with Gasteiger partial charge in [0.1, 0.15) is 16.5 Å². The van der Waals surface area contributed by atoms with Crippen molar-refractivity contribution < 1.29 is 14.3 Å². The zero-order chi connectivity index (χ0) is 17.6. The molecule has 25 heavy (non-hydrogen) atoms. The fraction of sp³-hybridized carbons (Fsp3) is 0.118. The Labute approximate surface area is 148 Å². The van der Waals surface area contributed by atoms with Crippen molar-refractivity contribution >= 4 is 28.2 Å². The topological polar surface area (TPSA) is 85.4 Å². The van der Waals surface area contributed by atoms with Crippen molar-refractivity contribution in [2.45, 2.75) is 0 Å². The van der Waals surface area contributed by atoms with Crippen LogP contribution in [0.3, 0.4) is 0 Å². The first-order valence-electron chi connectivity index (χ1n) is 7.38. The highest BCUT2D eigenvalue weighted by Crippen LogP contribution is 2.28. The molecule has 2 N–H and O–H groups in total. The molecule has 3 aromatic rings. The second-order valence-electron chi connectivity index (χ2n) is 4.95. The van der Waals surface area contributed by atoms with Crippen molar-refractivity contribution in [2.75, 3.05) is 24.9 Å². The van der Waals surface area contributed by atoms with Gasteiger partial charge < -0.3 is 14.8 Å². The third kappa shape index (κ3) is 4.24. The zero-order valence-electron chi connectivity index (χ0n) is 13.6. The third-order valence-electron chi connectivity index (χ3n) is 3.31. The van der Waals surface area contributed by atoms with Crippen LogP contribution in [0.2, 0.25) is 0 Å². The lowest BCUT2D eigenvalue weighted by molar-refractivity contribution is 0.262. The lowest BCUT2D eigenvalue weighted by Crippen LogP contribution is -2.19. The van der Waals surface area contributed by atoms with Crippen LogP contribution in [-0.4, -0.2) is 30.4 Å². The van der Waals surface area contributed by atoms with Gasteiger partial charge in [-0.2, -0.15) is 0 Å². The Balaban J connectivity index is 1.64. The minimum absolute atomic E-state index is 0.390. The van der Waals surface area contributed by atoms with Gasteiger partial charge in [0.2, 0.25) is 5.13 Å². The fourth-order valence-corrected chi connectivity index (χ4v) is 2.82. The number of aromatic nitrogens is 2. The molecule has 0 radical (unpaired) electrons. The van der Waals surface area contributed by atoms with E-state index in [1.165, 1.54) is 11.3 Å². The van der Waals surface area contributed by atoms with Gasteiger partial charge in [-0.05, 0) is 36.4 Å². The highest BCUT2D eigenvalue weighted by Gasteiger charge is 2.10. The quantitative estimate of drug-likeness (QED) is 0.725. The van der Waals surface area contributed by atoms with E-state index < -0.39 is 6.03 Å². The normalized spacial score (nSPS) is 10.2. The summed E-state index contributed by atoms with van der Waals surface area (Å²) in [6, 6.07) is 14.1. The molecule has 128 valence electrons. The largest absolute Gasteiger partial charge is 0.497 e. The number of hydrogen-bond donors (Lipinski definition) is 2. The van der Waals surface area contributed by atoms with E-state index >= 15 is 0 Å². The number of hydrogen-bond acceptors (Lipinski definition) is 6. The number of benzene rings is 2. The van der Waals surface area contributed by atoms with E-state index in [2.05, 4.69) is 20.8 Å². The molecule has 1 aromatic heterocycles. The Morgan fingerprint density at radius 2 is 1.72 bits per heavy atom. The molecule has 0 aliphatic heterocycles. The molecule has 0 aliphatic rings. The molecule has 0 spiro atoms. The molecule has 0 saturated heterocycles. The first-order chi connectivity index (χ1) is 12.2. The number of nitrogens with one attached hydrogen (secondary N) is 2. The predicted octanol–water partition coefficient (Wildman–Crippen LogP) is 3.87. The summed E-state index contributed by atoms with van der Waals surface area (Å²) in [5, 5.41) is 14.6. The van der Waals surface area contributed by atoms with E-state index in [1.54, 1.807) is 38.5 Å². The molecule has 2 aromatic carbocycles. The first kappa shape index (κ1) is 16.7. The van der Waals surface area contributed by atoms with Gasteiger partial charge in [0.15, 0.2) is 0 Å². The molecule has 0 unspecified atom stereocenters. The number of amides is 2. The Kier molecular flexibility index (Phi) is 5.10. The second kappa shape index (κ2) is 7.63. The van der Waals surface area contributed by atoms with E-state index in [0.717, 1.165) is 17.1 Å². The van der Waals surface area contributed by atoms with Crippen LogP contribution in [0.1, 0.15) is 0 Å². The van der Waals surface area contributed by atoms with Crippen LogP contribution in [0.5, 0.6) is 11.5 Å².